The topological polar surface area (TPSA) is 101 Å². The highest BCUT2D eigenvalue weighted by atomic mass is 32.2. The number of benzene rings is 2. The Morgan fingerprint density at radius 2 is 1.67 bits per heavy atom. The summed E-state index contributed by atoms with van der Waals surface area (Å²) >= 11 is 1.92. The third kappa shape index (κ3) is 7.17. The predicted molar refractivity (Wildman–Crippen MR) is 128 cm³/mol. The number of aliphatic hydroxyl groups is 1. The molecule has 1 fully saturated rings. The number of hydrogen-bond acceptors (Lipinski definition) is 6. The van der Waals surface area contributed by atoms with Gasteiger partial charge in [-0.3, -0.25) is 9.80 Å². The second-order valence-electron chi connectivity index (χ2n) is 8.08. The Morgan fingerprint density at radius 3 is 2.30 bits per heavy atom. The van der Waals surface area contributed by atoms with Gasteiger partial charge in [-0.2, -0.15) is 0 Å². The molecule has 2 heterocycles. The van der Waals surface area contributed by atoms with E-state index in [2.05, 4.69) is 59.2 Å². The van der Waals surface area contributed by atoms with Crippen LogP contribution < -0.4 is 0 Å². The van der Waals surface area contributed by atoms with Crippen LogP contribution in [0.15, 0.2) is 64.4 Å². The van der Waals surface area contributed by atoms with E-state index in [9.17, 15) is 14.7 Å². The number of carbonyl (C=O) groups is 2. The first-order chi connectivity index (χ1) is 15.9. The molecule has 0 aliphatic carbocycles. The van der Waals surface area contributed by atoms with Crippen LogP contribution in [0.3, 0.4) is 0 Å². The average Bonchev–Trinajstić information content (AvgIpc) is 2.95. The monoisotopic (exact) mass is 470 g/mol. The van der Waals surface area contributed by atoms with Gasteiger partial charge in [0.2, 0.25) is 0 Å². The molecular formula is C25H30N2O5S. The Morgan fingerprint density at radius 1 is 1.00 bits per heavy atom. The lowest BCUT2D eigenvalue weighted by molar-refractivity contribution is -0.134. The maximum Gasteiger partial charge on any atom is 0.328 e. The molecule has 3 N–H and O–H groups in total. The zero-order valence-electron chi connectivity index (χ0n) is 18.7. The third-order valence-electron chi connectivity index (χ3n) is 5.76. The Kier molecular flexibility index (Phi) is 9.08. The summed E-state index contributed by atoms with van der Waals surface area (Å²) in [4.78, 5) is 26.9. The van der Waals surface area contributed by atoms with Gasteiger partial charge in [0.1, 0.15) is 0 Å². The van der Waals surface area contributed by atoms with E-state index in [4.69, 9.17) is 10.2 Å². The van der Waals surface area contributed by atoms with E-state index in [1.165, 1.54) is 26.5 Å². The van der Waals surface area contributed by atoms with Crippen LogP contribution in [0.5, 0.6) is 0 Å². The van der Waals surface area contributed by atoms with Crippen LogP contribution in [-0.4, -0.2) is 76.4 Å². The molecule has 0 bridgehead atoms. The van der Waals surface area contributed by atoms with Crippen LogP contribution in [0.4, 0.5) is 0 Å². The number of aliphatic hydroxyl groups excluding tert-OH is 1. The first kappa shape index (κ1) is 25.0. The van der Waals surface area contributed by atoms with Crippen LogP contribution in [0.1, 0.15) is 22.7 Å². The summed E-state index contributed by atoms with van der Waals surface area (Å²) < 4.78 is 0. The summed E-state index contributed by atoms with van der Waals surface area (Å²) in [6.07, 6.45) is 2.20. The van der Waals surface area contributed by atoms with E-state index < -0.39 is 11.9 Å². The lowest BCUT2D eigenvalue weighted by atomic mass is 9.96. The van der Waals surface area contributed by atoms with Crippen LogP contribution in [0.25, 0.3) is 0 Å². The number of nitrogens with zero attached hydrogens (tertiary/aromatic N) is 2. The molecular weight excluding hydrogens is 440 g/mol. The summed E-state index contributed by atoms with van der Waals surface area (Å²) in [5.41, 5.74) is 4.29. The van der Waals surface area contributed by atoms with Crippen molar-refractivity contribution in [1.82, 2.24) is 9.80 Å². The molecule has 4 rings (SSSR count). The number of aliphatic carboxylic acids is 2. The molecule has 0 saturated carbocycles. The van der Waals surface area contributed by atoms with Gasteiger partial charge in [0.15, 0.2) is 0 Å². The van der Waals surface area contributed by atoms with Gasteiger partial charge in [0, 0.05) is 60.7 Å². The predicted octanol–water partition coefficient (Wildman–Crippen LogP) is 3.07. The minimum atomic E-state index is -1.26. The van der Waals surface area contributed by atoms with Crippen molar-refractivity contribution in [2.75, 3.05) is 39.3 Å². The Balaban J connectivity index is 0.000000331. The fourth-order valence-electron chi connectivity index (χ4n) is 4.16. The molecule has 0 spiro atoms. The zero-order chi connectivity index (χ0) is 23.8. The van der Waals surface area contributed by atoms with Crippen molar-refractivity contribution in [3.05, 3.63) is 71.3 Å². The fourth-order valence-corrected chi connectivity index (χ4v) is 5.28. The van der Waals surface area contributed by atoms with Crippen molar-refractivity contribution in [2.24, 2.45) is 0 Å². The maximum atomic E-state index is 9.55. The number of hydrogen-bond donors (Lipinski definition) is 3. The molecule has 2 aliphatic rings. The minimum absolute atomic E-state index is 0.259. The van der Waals surface area contributed by atoms with E-state index in [0.717, 1.165) is 39.1 Å². The Bertz CT molecular complexity index is 986. The molecule has 7 nitrogen and oxygen atoms in total. The Labute approximate surface area is 198 Å². The number of carboxylic acid groups (broad SMARTS) is 2. The highest BCUT2D eigenvalue weighted by Crippen LogP contribution is 2.43. The molecule has 0 aromatic heterocycles. The second-order valence-corrected chi connectivity index (χ2v) is 9.17. The largest absolute Gasteiger partial charge is 0.478 e. The van der Waals surface area contributed by atoms with Gasteiger partial charge in [0.05, 0.1) is 6.61 Å². The van der Waals surface area contributed by atoms with Gasteiger partial charge in [0.25, 0.3) is 0 Å². The van der Waals surface area contributed by atoms with Crippen molar-refractivity contribution >= 4 is 23.7 Å². The summed E-state index contributed by atoms with van der Waals surface area (Å²) in [5, 5.41) is 24.8. The average molecular weight is 471 g/mol. The summed E-state index contributed by atoms with van der Waals surface area (Å²) in [5.74, 6) is -2.51. The van der Waals surface area contributed by atoms with E-state index in [0.29, 0.717) is 18.2 Å². The molecule has 0 radical (unpaired) electrons. The molecule has 8 heteroatoms. The van der Waals surface area contributed by atoms with Crippen molar-refractivity contribution in [2.45, 2.75) is 29.2 Å². The van der Waals surface area contributed by atoms with Gasteiger partial charge in [-0.25, -0.2) is 9.59 Å². The van der Waals surface area contributed by atoms with E-state index >= 15 is 0 Å². The molecule has 2 aromatic rings. The number of rotatable bonds is 5. The van der Waals surface area contributed by atoms with Gasteiger partial charge < -0.3 is 15.3 Å². The summed E-state index contributed by atoms with van der Waals surface area (Å²) in [6.45, 7) is 7.49. The lowest BCUT2D eigenvalue weighted by Crippen LogP contribution is -2.48. The third-order valence-corrected chi connectivity index (χ3v) is 6.97. The number of piperazine rings is 1. The maximum absolute atomic E-state index is 9.55. The number of aryl methyl sites for hydroxylation is 1. The molecule has 2 aliphatic heterocycles. The van der Waals surface area contributed by atoms with Gasteiger partial charge >= 0.3 is 11.9 Å². The van der Waals surface area contributed by atoms with Crippen molar-refractivity contribution in [3.63, 3.8) is 0 Å². The zero-order valence-corrected chi connectivity index (χ0v) is 19.5. The standard InChI is InChI=1S/C21H26N2OS.C4H4O4/c1-16-6-7-20-17(14-16)15-19(18-4-2-3-5-21(18)25-20)23-10-8-22(9-11-23)12-13-24;5-3(6)1-2-4(7)8/h2-7,14,19,24H,8-13,15H2,1H3;1-2H,(H,5,6)(H,7,8)/b;2-1+. The first-order valence-electron chi connectivity index (χ1n) is 10.9. The van der Waals surface area contributed by atoms with Gasteiger partial charge in [-0.15, -0.1) is 0 Å². The molecule has 1 saturated heterocycles. The van der Waals surface area contributed by atoms with E-state index in [1.54, 1.807) is 0 Å². The second kappa shape index (κ2) is 12.0. The highest BCUT2D eigenvalue weighted by Gasteiger charge is 2.29. The Hall–Kier alpha value is -2.65. The highest BCUT2D eigenvalue weighted by molar-refractivity contribution is 7.99. The molecule has 0 amide bonds. The molecule has 176 valence electrons. The fraction of sp³-hybridized carbons (Fsp3) is 0.360. The van der Waals surface area contributed by atoms with Crippen molar-refractivity contribution < 1.29 is 24.9 Å². The summed E-state index contributed by atoms with van der Waals surface area (Å²) in [7, 11) is 0. The quantitative estimate of drug-likeness (QED) is 0.573. The molecule has 1 unspecified atom stereocenters. The molecule has 2 aromatic carbocycles. The number of fused-ring (bicyclic) bond motifs is 2. The normalized spacial score (nSPS) is 18.5. The van der Waals surface area contributed by atoms with Crippen LogP contribution in [-0.2, 0) is 16.0 Å². The van der Waals surface area contributed by atoms with Gasteiger partial charge in [-0.1, -0.05) is 47.7 Å². The molecule has 33 heavy (non-hydrogen) atoms. The van der Waals surface area contributed by atoms with Crippen LogP contribution >= 0.6 is 11.8 Å². The van der Waals surface area contributed by atoms with Crippen molar-refractivity contribution in [1.29, 1.82) is 0 Å². The van der Waals surface area contributed by atoms with E-state index in [1.807, 2.05) is 11.8 Å². The summed E-state index contributed by atoms with van der Waals surface area (Å²) in [6, 6.07) is 16.2. The first-order valence-corrected chi connectivity index (χ1v) is 11.8. The van der Waals surface area contributed by atoms with Gasteiger partial charge in [-0.05, 0) is 36.6 Å². The number of carboxylic acids is 2. The van der Waals surface area contributed by atoms with Crippen LogP contribution in [0, 0.1) is 6.92 Å². The van der Waals surface area contributed by atoms with Crippen LogP contribution in [0.2, 0.25) is 0 Å². The smallest absolute Gasteiger partial charge is 0.328 e. The number of β-amino-alcohol motifs (C(OH)–C–C–N with tert-alkyl or cyclic N) is 1. The van der Waals surface area contributed by atoms with E-state index in [-0.39, 0.29) is 6.61 Å². The SMILES string of the molecule is Cc1ccc2c(c1)CC(N1CCN(CCO)CC1)c1ccccc1S2.O=C(O)/C=C/C(=O)O. The minimum Gasteiger partial charge on any atom is -0.478 e. The van der Waals surface area contributed by atoms with Crippen molar-refractivity contribution in [3.8, 4) is 0 Å². The molecule has 1 atom stereocenters. The lowest BCUT2D eigenvalue weighted by Gasteiger charge is -2.39.